The summed E-state index contributed by atoms with van der Waals surface area (Å²) in [5, 5.41) is 0. The Morgan fingerprint density at radius 2 is 2.26 bits per heavy atom. The fourth-order valence-corrected chi connectivity index (χ4v) is 2.70. The molecule has 0 atom stereocenters. The van der Waals surface area contributed by atoms with E-state index in [1.807, 2.05) is 6.07 Å². The van der Waals surface area contributed by atoms with Crippen molar-refractivity contribution >= 4 is 11.9 Å². The van der Waals surface area contributed by atoms with E-state index in [2.05, 4.69) is 9.29 Å². The lowest BCUT2D eigenvalue weighted by Crippen LogP contribution is -2.11. The first-order valence-corrected chi connectivity index (χ1v) is 7.09. The standard InChI is InChI=1S/C13H18FN3OS/c14-7-11(8-15)10-18-13-4-3-12(9-16-13)19-17-5-1-2-6-17/h3-4,7,9H,1-2,5-6,8,10,15H2/b11-7-. The van der Waals surface area contributed by atoms with Crippen molar-refractivity contribution in [3.8, 4) is 5.88 Å². The molecule has 1 aliphatic heterocycles. The van der Waals surface area contributed by atoms with Gasteiger partial charge in [0, 0.05) is 42.4 Å². The monoisotopic (exact) mass is 283 g/mol. The average molecular weight is 283 g/mol. The van der Waals surface area contributed by atoms with Crippen LogP contribution in [0.5, 0.6) is 5.88 Å². The predicted octanol–water partition coefficient (Wildman–Crippen LogP) is 2.38. The molecule has 2 heterocycles. The van der Waals surface area contributed by atoms with Crippen molar-refractivity contribution in [2.45, 2.75) is 17.7 Å². The second-order valence-electron chi connectivity index (χ2n) is 4.32. The van der Waals surface area contributed by atoms with Crippen LogP contribution in [0.4, 0.5) is 4.39 Å². The summed E-state index contributed by atoms with van der Waals surface area (Å²) in [7, 11) is 0. The van der Waals surface area contributed by atoms with Crippen LogP contribution in [0.25, 0.3) is 0 Å². The van der Waals surface area contributed by atoms with Gasteiger partial charge in [0.15, 0.2) is 0 Å². The van der Waals surface area contributed by atoms with Gasteiger partial charge < -0.3 is 10.5 Å². The minimum atomic E-state index is 0.138. The Bertz CT molecular complexity index is 418. The Hall–Kier alpha value is -1.11. The molecule has 2 rings (SSSR count). The van der Waals surface area contributed by atoms with E-state index >= 15 is 0 Å². The smallest absolute Gasteiger partial charge is 0.213 e. The van der Waals surface area contributed by atoms with E-state index in [1.165, 1.54) is 12.8 Å². The third kappa shape index (κ3) is 4.49. The van der Waals surface area contributed by atoms with E-state index in [0.717, 1.165) is 18.0 Å². The Morgan fingerprint density at radius 3 is 2.84 bits per heavy atom. The molecule has 0 aliphatic carbocycles. The highest BCUT2D eigenvalue weighted by atomic mass is 32.2. The van der Waals surface area contributed by atoms with Crippen LogP contribution in [0.2, 0.25) is 0 Å². The van der Waals surface area contributed by atoms with E-state index in [-0.39, 0.29) is 13.2 Å². The zero-order chi connectivity index (χ0) is 13.5. The van der Waals surface area contributed by atoms with Crippen molar-refractivity contribution < 1.29 is 9.13 Å². The number of pyridine rings is 1. The van der Waals surface area contributed by atoms with Crippen LogP contribution < -0.4 is 10.5 Å². The highest BCUT2D eigenvalue weighted by Crippen LogP contribution is 2.26. The van der Waals surface area contributed by atoms with Crippen molar-refractivity contribution in [2.75, 3.05) is 26.2 Å². The quantitative estimate of drug-likeness (QED) is 0.812. The Balaban J connectivity index is 1.83. The number of hydrogen-bond donors (Lipinski definition) is 1. The molecule has 104 valence electrons. The maximum atomic E-state index is 12.3. The molecule has 0 radical (unpaired) electrons. The molecule has 1 saturated heterocycles. The minimum absolute atomic E-state index is 0.138. The van der Waals surface area contributed by atoms with Gasteiger partial charge in [-0.3, -0.25) is 0 Å². The van der Waals surface area contributed by atoms with Gasteiger partial charge in [0.1, 0.15) is 6.61 Å². The highest BCUT2D eigenvalue weighted by molar-refractivity contribution is 7.97. The summed E-state index contributed by atoms with van der Waals surface area (Å²) in [6.07, 6.45) is 4.79. The van der Waals surface area contributed by atoms with E-state index in [4.69, 9.17) is 10.5 Å². The molecule has 0 aromatic carbocycles. The summed E-state index contributed by atoms with van der Waals surface area (Å²) < 4.78 is 20.0. The largest absolute Gasteiger partial charge is 0.473 e. The van der Waals surface area contributed by atoms with Crippen molar-refractivity contribution in [3.63, 3.8) is 0 Å². The van der Waals surface area contributed by atoms with Crippen molar-refractivity contribution in [1.82, 2.24) is 9.29 Å². The molecule has 0 saturated carbocycles. The van der Waals surface area contributed by atoms with Crippen LogP contribution in [0, 0.1) is 0 Å². The topological polar surface area (TPSA) is 51.4 Å². The summed E-state index contributed by atoms with van der Waals surface area (Å²) in [6.45, 7) is 2.55. The summed E-state index contributed by atoms with van der Waals surface area (Å²) in [5.41, 5.74) is 5.76. The third-order valence-corrected chi connectivity index (χ3v) is 3.91. The first-order valence-electron chi connectivity index (χ1n) is 6.32. The van der Waals surface area contributed by atoms with Gasteiger partial charge in [0.2, 0.25) is 5.88 Å². The maximum absolute atomic E-state index is 12.3. The number of nitrogens with zero attached hydrogens (tertiary/aromatic N) is 2. The summed E-state index contributed by atoms with van der Waals surface area (Å²) >= 11 is 1.72. The Morgan fingerprint density at radius 1 is 1.47 bits per heavy atom. The molecule has 1 aromatic heterocycles. The van der Waals surface area contributed by atoms with Crippen molar-refractivity contribution in [1.29, 1.82) is 0 Å². The molecule has 6 heteroatoms. The minimum Gasteiger partial charge on any atom is -0.473 e. The average Bonchev–Trinajstić information content (AvgIpc) is 2.95. The molecule has 19 heavy (non-hydrogen) atoms. The molecule has 0 bridgehead atoms. The number of ether oxygens (including phenoxy) is 1. The van der Waals surface area contributed by atoms with Crippen LogP contribution in [0.15, 0.2) is 35.1 Å². The first kappa shape index (κ1) is 14.3. The maximum Gasteiger partial charge on any atom is 0.213 e. The highest BCUT2D eigenvalue weighted by Gasteiger charge is 2.12. The molecule has 0 unspecified atom stereocenters. The van der Waals surface area contributed by atoms with Gasteiger partial charge in [-0.1, -0.05) is 0 Å². The van der Waals surface area contributed by atoms with Crippen LogP contribution in [-0.2, 0) is 0 Å². The van der Waals surface area contributed by atoms with Gasteiger partial charge in [-0.15, -0.1) is 0 Å². The van der Waals surface area contributed by atoms with E-state index < -0.39 is 0 Å². The molecule has 2 N–H and O–H groups in total. The summed E-state index contributed by atoms with van der Waals surface area (Å²) in [5.74, 6) is 0.485. The second-order valence-corrected chi connectivity index (χ2v) is 5.49. The molecule has 1 aliphatic rings. The summed E-state index contributed by atoms with van der Waals surface area (Å²) in [6, 6.07) is 3.76. The second kappa shape index (κ2) is 7.47. The van der Waals surface area contributed by atoms with Gasteiger partial charge in [-0.05, 0) is 30.9 Å². The van der Waals surface area contributed by atoms with E-state index in [0.29, 0.717) is 17.8 Å². The molecule has 4 nitrogen and oxygen atoms in total. The van der Waals surface area contributed by atoms with Crippen LogP contribution in [-0.4, -0.2) is 35.5 Å². The zero-order valence-corrected chi connectivity index (χ0v) is 11.5. The van der Waals surface area contributed by atoms with Crippen LogP contribution >= 0.6 is 11.9 Å². The fraction of sp³-hybridized carbons (Fsp3) is 0.462. The summed E-state index contributed by atoms with van der Waals surface area (Å²) in [4.78, 5) is 5.29. The van der Waals surface area contributed by atoms with Gasteiger partial charge >= 0.3 is 0 Å². The van der Waals surface area contributed by atoms with Crippen LogP contribution in [0.1, 0.15) is 12.8 Å². The molecular weight excluding hydrogens is 265 g/mol. The van der Waals surface area contributed by atoms with E-state index in [1.54, 1.807) is 24.2 Å². The normalized spacial score (nSPS) is 16.8. The fourth-order valence-electron chi connectivity index (χ4n) is 1.74. The molecule has 1 fully saturated rings. The number of hydrogen-bond acceptors (Lipinski definition) is 5. The first-order chi connectivity index (χ1) is 9.31. The lowest BCUT2D eigenvalue weighted by molar-refractivity contribution is 0.333. The molecule has 1 aromatic rings. The lowest BCUT2D eigenvalue weighted by atomic mass is 10.3. The third-order valence-electron chi connectivity index (χ3n) is 2.83. The van der Waals surface area contributed by atoms with Crippen molar-refractivity contribution in [2.24, 2.45) is 5.73 Å². The Labute approximate surface area is 117 Å². The van der Waals surface area contributed by atoms with Gasteiger partial charge in [0.05, 0.1) is 6.33 Å². The van der Waals surface area contributed by atoms with Gasteiger partial charge in [0.25, 0.3) is 0 Å². The predicted molar refractivity (Wildman–Crippen MR) is 74.6 cm³/mol. The Kier molecular flexibility index (Phi) is 5.62. The van der Waals surface area contributed by atoms with Crippen LogP contribution in [0.3, 0.4) is 0 Å². The van der Waals surface area contributed by atoms with Crippen molar-refractivity contribution in [3.05, 3.63) is 30.2 Å². The zero-order valence-electron chi connectivity index (χ0n) is 10.7. The number of halogens is 1. The lowest BCUT2D eigenvalue weighted by Gasteiger charge is -2.13. The van der Waals surface area contributed by atoms with Gasteiger partial charge in [-0.25, -0.2) is 13.7 Å². The molecule has 0 spiro atoms. The van der Waals surface area contributed by atoms with E-state index in [9.17, 15) is 4.39 Å². The molecule has 0 amide bonds. The molecular formula is C13H18FN3OS. The SMILES string of the molecule is NC/C(=C/F)COc1ccc(SN2CCCC2)cn1. The number of aromatic nitrogens is 1. The number of nitrogens with two attached hydrogens (primary N) is 1. The number of rotatable bonds is 6. The van der Waals surface area contributed by atoms with Gasteiger partial charge in [-0.2, -0.15) is 0 Å².